The molecule has 0 saturated carbocycles. The third-order valence-corrected chi connectivity index (χ3v) is 5.45. The van der Waals surface area contributed by atoms with Gasteiger partial charge in [0.1, 0.15) is 6.61 Å². The number of nitro groups is 1. The van der Waals surface area contributed by atoms with Gasteiger partial charge in [0, 0.05) is 29.7 Å². The van der Waals surface area contributed by atoms with Crippen molar-refractivity contribution in [3.8, 4) is 11.5 Å². The van der Waals surface area contributed by atoms with Crippen molar-refractivity contribution in [3.63, 3.8) is 0 Å². The number of non-ortho nitro benzene ring substituents is 1. The maximum Gasteiger partial charge on any atom is 0.269 e. The second-order valence-corrected chi connectivity index (χ2v) is 7.72. The van der Waals surface area contributed by atoms with Crippen molar-refractivity contribution < 1.29 is 19.5 Å². The topological polar surface area (TPSA) is 93.9 Å². The smallest absolute Gasteiger partial charge is 0.269 e. The van der Waals surface area contributed by atoms with Crippen LogP contribution in [0.2, 0.25) is 0 Å². The highest BCUT2D eigenvalue weighted by Gasteiger charge is 2.12. The molecule has 0 saturated heterocycles. The molecule has 0 amide bonds. The number of nitro benzene ring substituents is 1. The van der Waals surface area contributed by atoms with Gasteiger partial charge in [-0.05, 0) is 41.0 Å². The van der Waals surface area contributed by atoms with Crippen molar-refractivity contribution >= 4 is 21.6 Å². The second kappa shape index (κ2) is 10.9. The predicted octanol–water partition coefficient (Wildman–Crippen LogP) is 4.77. The van der Waals surface area contributed by atoms with Gasteiger partial charge in [0.2, 0.25) is 0 Å². The van der Waals surface area contributed by atoms with Crippen LogP contribution in [-0.4, -0.2) is 23.7 Å². The van der Waals surface area contributed by atoms with E-state index in [1.54, 1.807) is 19.2 Å². The largest absolute Gasteiger partial charge is 0.493 e. The normalized spacial score (nSPS) is 11.7. The molecule has 3 aromatic rings. The molecule has 3 aromatic carbocycles. The summed E-state index contributed by atoms with van der Waals surface area (Å²) in [4.78, 5) is 10.3. The van der Waals surface area contributed by atoms with Crippen LogP contribution in [0.15, 0.2) is 71.2 Å². The molecule has 2 N–H and O–H groups in total. The lowest BCUT2D eigenvalue weighted by Crippen LogP contribution is -2.21. The Bertz CT molecular complexity index is 1010. The van der Waals surface area contributed by atoms with E-state index in [0.29, 0.717) is 24.6 Å². The van der Waals surface area contributed by atoms with Gasteiger partial charge in [0.25, 0.3) is 5.69 Å². The summed E-state index contributed by atoms with van der Waals surface area (Å²) in [7, 11) is 1.57. The van der Waals surface area contributed by atoms with Crippen LogP contribution in [-0.2, 0) is 13.2 Å². The number of ether oxygens (including phenoxy) is 2. The lowest BCUT2D eigenvalue weighted by molar-refractivity contribution is -0.384. The number of nitrogens with one attached hydrogen (secondary N) is 1. The molecule has 0 aliphatic carbocycles. The van der Waals surface area contributed by atoms with Gasteiger partial charge in [-0.3, -0.25) is 10.1 Å². The zero-order valence-corrected chi connectivity index (χ0v) is 18.5. The fraction of sp³-hybridized carbons (Fsp3) is 0.217. The Morgan fingerprint density at radius 2 is 1.81 bits per heavy atom. The minimum absolute atomic E-state index is 0.0401. The lowest BCUT2D eigenvalue weighted by atomic mass is 10.1. The van der Waals surface area contributed by atoms with Gasteiger partial charge >= 0.3 is 0 Å². The van der Waals surface area contributed by atoms with Crippen molar-refractivity contribution in [3.05, 3.63) is 98.0 Å². The SMILES string of the molecule is COc1cc(CNCC(O)c2ccccc2)c(Br)cc1OCc1ccc([N+](=O)[O-])cc1. The molecule has 0 fully saturated rings. The van der Waals surface area contributed by atoms with Crippen molar-refractivity contribution in [1.29, 1.82) is 0 Å². The van der Waals surface area contributed by atoms with Crippen molar-refractivity contribution in [2.75, 3.05) is 13.7 Å². The minimum Gasteiger partial charge on any atom is -0.493 e. The Hall–Kier alpha value is -2.94. The van der Waals surface area contributed by atoms with Gasteiger partial charge in [0.15, 0.2) is 11.5 Å². The lowest BCUT2D eigenvalue weighted by Gasteiger charge is -2.16. The third kappa shape index (κ3) is 6.27. The first-order valence-electron chi connectivity index (χ1n) is 9.64. The molecule has 0 aliphatic heterocycles. The zero-order valence-electron chi connectivity index (χ0n) is 17.0. The van der Waals surface area contributed by atoms with Crippen LogP contribution >= 0.6 is 15.9 Å². The number of nitrogens with zero attached hydrogens (tertiary/aromatic N) is 1. The summed E-state index contributed by atoms with van der Waals surface area (Å²) in [6.45, 7) is 1.20. The summed E-state index contributed by atoms with van der Waals surface area (Å²) in [5.41, 5.74) is 2.67. The average molecular weight is 487 g/mol. The van der Waals surface area contributed by atoms with E-state index < -0.39 is 11.0 Å². The fourth-order valence-corrected chi connectivity index (χ4v) is 3.46. The van der Waals surface area contributed by atoms with E-state index >= 15 is 0 Å². The number of hydrogen-bond acceptors (Lipinski definition) is 6. The highest BCUT2D eigenvalue weighted by Crippen LogP contribution is 2.34. The maximum absolute atomic E-state index is 10.8. The molecule has 1 unspecified atom stereocenters. The van der Waals surface area contributed by atoms with E-state index in [0.717, 1.165) is 21.2 Å². The first kappa shape index (κ1) is 22.7. The van der Waals surface area contributed by atoms with Crippen molar-refractivity contribution in [1.82, 2.24) is 5.32 Å². The quantitative estimate of drug-likeness (QED) is 0.316. The summed E-state index contributed by atoms with van der Waals surface area (Å²) in [6, 6.07) is 19.4. The number of hydrogen-bond donors (Lipinski definition) is 2. The maximum atomic E-state index is 10.8. The highest BCUT2D eigenvalue weighted by molar-refractivity contribution is 9.10. The number of aliphatic hydroxyl groups excluding tert-OH is 1. The van der Waals surface area contributed by atoms with E-state index in [-0.39, 0.29) is 12.3 Å². The zero-order chi connectivity index (χ0) is 22.2. The second-order valence-electron chi connectivity index (χ2n) is 6.86. The van der Waals surface area contributed by atoms with Crippen LogP contribution in [0.25, 0.3) is 0 Å². The van der Waals surface area contributed by atoms with Gasteiger partial charge < -0.3 is 19.9 Å². The molecule has 0 aliphatic rings. The Morgan fingerprint density at radius 1 is 1.10 bits per heavy atom. The molecule has 0 spiro atoms. The number of benzene rings is 3. The van der Waals surface area contributed by atoms with E-state index in [9.17, 15) is 15.2 Å². The number of halogens is 1. The van der Waals surface area contributed by atoms with E-state index in [1.165, 1.54) is 12.1 Å². The first-order valence-corrected chi connectivity index (χ1v) is 10.4. The van der Waals surface area contributed by atoms with Gasteiger partial charge in [-0.1, -0.05) is 46.3 Å². The molecule has 0 bridgehead atoms. The molecule has 162 valence electrons. The molecule has 0 aromatic heterocycles. The summed E-state index contributed by atoms with van der Waals surface area (Å²) < 4.78 is 12.2. The van der Waals surface area contributed by atoms with Gasteiger partial charge in [-0.25, -0.2) is 0 Å². The van der Waals surface area contributed by atoms with Gasteiger partial charge in [-0.2, -0.15) is 0 Å². The first-order chi connectivity index (χ1) is 15.0. The van der Waals surface area contributed by atoms with Crippen LogP contribution in [0, 0.1) is 10.1 Å². The summed E-state index contributed by atoms with van der Waals surface area (Å²) in [6.07, 6.45) is -0.592. The van der Waals surface area contributed by atoms with Crippen molar-refractivity contribution in [2.24, 2.45) is 0 Å². The number of methoxy groups -OCH3 is 1. The summed E-state index contributed by atoms with van der Waals surface area (Å²) >= 11 is 3.56. The van der Waals surface area contributed by atoms with Crippen LogP contribution in [0.5, 0.6) is 11.5 Å². The Balaban J connectivity index is 1.60. The average Bonchev–Trinajstić information content (AvgIpc) is 2.79. The predicted molar refractivity (Wildman–Crippen MR) is 121 cm³/mol. The molecule has 0 heterocycles. The third-order valence-electron chi connectivity index (χ3n) is 4.71. The van der Waals surface area contributed by atoms with Crippen LogP contribution in [0.3, 0.4) is 0 Å². The van der Waals surface area contributed by atoms with Gasteiger partial charge in [-0.15, -0.1) is 0 Å². The molecule has 8 heteroatoms. The van der Waals surface area contributed by atoms with Gasteiger partial charge in [0.05, 0.1) is 18.1 Å². The van der Waals surface area contributed by atoms with Crippen LogP contribution in [0.1, 0.15) is 22.8 Å². The monoisotopic (exact) mass is 486 g/mol. The van der Waals surface area contributed by atoms with Crippen LogP contribution in [0.4, 0.5) is 5.69 Å². The minimum atomic E-state index is -0.592. The summed E-state index contributed by atoms with van der Waals surface area (Å²) in [5, 5.41) is 24.3. The molecule has 1 atom stereocenters. The fourth-order valence-electron chi connectivity index (χ4n) is 3.00. The molecular weight excluding hydrogens is 464 g/mol. The molecular formula is C23H23BrN2O5. The molecule has 0 radical (unpaired) electrons. The highest BCUT2D eigenvalue weighted by atomic mass is 79.9. The Morgan fingerprint density at radius 3 is 2.45 bits per heavy atom. The van der Waals surface area contributed by atoms with Crippen LogP contribution < -0.4 is 14.8 Å². The standard InChI is InChI=1S/C23H23BrN2O5/c1-30-22-11-18(13-25-14-21(27)17-5-3-2-4-6-17)20(24)12-23(22)31-15-16-7-9-19(10-8-16)26(28)29/h2-12,21,25,27H,13-15H2,1H3. The molecule has 7 nitrogen and oxygen atoms in total. The van der Waals surface area contributed by atoms with E-state index in [1.807, 2.05) is 42.5 Å². The van der Waals surface area contributed by atoms with E-state index in [4.69, 9.17) is 9.47 Å². The summed E-state index contributed by atoms with van der Waals surface area (Å²) in [5.74, 6) is 1.13. The molecule has 3 rings (SSSR count). The Kier molecular flexibility index (Phi) is 8.00. The van der Waals surface area contributed by atoms with E-state index in [2.05, 4.69) is 21.2 Å². The number of rotatable bonds is 10. The number of aliphatic hydroxyl groups is 1. The Labute approximate surface area is 188 Å². The van der Waals surface area contributed by atoms with Crippen molar-refractivity contribution in [2.45, 2.75) is 19.3 Å². The molecule has 31 heavy (non-hydrogen) atoms.